The van der Waals surface area contributed by atoms with Crippen molar-refractivity contribution in [3.8, 4) is 5.75 Å². The summed E-state index contributed by atoms with van der Waals surface area (Å²) in [4.78, 5) is 40.1. The van der Waals surface area contributed by atoms with Gasteiger partial charge in [-0.15, -0.1) is 0 Å². The van der Waals surface area contributed by atoms with Crippen LogP contribution in [0.25, 0.3) is 0 Å². The molecular formula is C22H20ClNO5. The Morgan fingerprint density at radius 2 is 1.48 bits per heavy atom. The summed E-state index contributed by atoms with van der Waals surface area (Å²) in [5, 5.41) is -0.338. The molecule has 0 aromatic heterocycles. The molecule has 29 heavy (non-hydrogen) atoms. The predicted molar refractivity (Wildman–Crippen MR) is 110 cm³/mol. The highest BCUT2D eigenvalue weighted by Gasteiger charge is 2.38. The van der Waals surface area contributed by atoms with Crippen molar-refractivity contribution in [1.82, 2.24) is 0 Å². The van der Waals surface area contributed by atoms with Crippen molar-refractivity contribution < 1.29 is 23.9 Å². The summed E-state index contributed by atoms with van der Waals surface area (Å²) in [6.07, 6.45) is -0.823. The third-order valence-electron chi connectivity index (χ3n) is 4.17. The largest absolute Gasteiger partial charge is 0.497 e. The first kappa shape index (κ1) is 20.6. The lowest BCUT2D eigenvalue weighted by Gasteiger charge is -2.30. The van der Waals surface area contributed by atoms with Gasteiger partial charge in [0.15, 0.2) is 0 Å². The Morgan fingerprint density at radius 3 is 2.00 bits per heavy atom. The van der Waals surface area contributed by atoms with E-state index in [9.17, 15) is 14.4 Å². The Bertz CT molecular complexity index is 1020. The van der Waals surface area contributed by atoms with Crippen molar-refractivity contribution in [2.24, 2.45) is 0 Å². The monoisotopic (exact) mass is 413 g/mol. The summed E-state index contributed by atoms with van der Waals surface area (Å²) in [6, 6.07) is 12.8. The number of Topliss-reactive ketones (excluding diaryl/α,β-unsaturated/α-hetero) is 2. The van der Waals surface area contributed by atoms with Gasteiger partial charge >= 0.3 is 6.09 Å². The lowest BCUT2D eigenvalue weighted by molar-refractivity contribution is 0.0586. The number of hydrogen-bond acceptors (Lipinski definition) is 5. The molecule has 150 valence electrons. The Balaban J connectivity index is 2.17. The minimum atomic E-state index is -0.825. The normalized spacial score (nSPS) is 13.8. The topological polar surface area (TPSA) is 72.9 Å². The molecule has 0 saturated carbocycles. The fourth-order valence-electron chi connectivity index (χ4n) is 2.90. The van der Waals surface area contributed by atoms with Crippen molar-refractivity contribution in [2.45, 2.75) is 26.4 Å². The Kier molecular flexibility index (Phi) is 5.48. The van der Waals surface area contributed by atoms with E-state index in [1.807, 2.05) is 0 Å². The molecule has 1 aliphatic rings. The van der Waals surface area contributed by atoms with E-state index in [0.717, 1.165) is 4.90 Å². The maximum atomic E-state index is 13.2. The highest BCUT2D eigenvalue weighted by Crippen LogP contribution is 2.34. The molecule has 0 N–H and O–H groups in total. The van der Waals surface area contributed by atoms with Gasteiger partial charge in [-0.1, -0.05) is 35.9 Å². The standard InChI is InChI=1S/C22H20ClNO5/c1-22(2,3)29-21(27)24(13-9-11-14(28-4)12-10-13)18-17(23)19(25)15-7-5-6-8-16(15)20(18)26/h5-12H,1-4H3. The summed E-state index contributed by atoms with van der Waals surface area (Å²) >= 11 is 6.31. The zero-order valence-corrected chi connectivity index (χ0v) is 17.2. The van der Waals surface area contributed by atoms with Crippen LogP contribution in [-0.4, -0.2) is 30.4 Å². The van der Waals surface area contributed by atoms with E-state index in [-0.39, 0.29) is 21.9 Å². The number of ketones is 2. The molecule has 7 heteroatoms. The number of allylic oxidation sites excluding steroid dienone is 2. The summed E-state index contributed by atoms with van der Waals surface area (Å²) in [5.74, 6) is -0.500. The number of ether oxygens (including phenoxy) is 2. The van der Waals surface area contributed by atoms with Crippen LogP contribution in [0.4, 0.5) is 10.5 Å². The Morgan fingerprint density at radius 1 is 0.931 bits per heavy atom. The number of halogens is 1. The smallest absolute Gasteiger partial charge is 0.419 e. The van der Waals surface area contributed by atoms with E-state index in [4.69, 9.17) is 21.1 Å². The number of benzene rings is 2. The molecule has 3 rings (SSSR count). The minimum Gasteiger partial charge on any atom is -0.497 e. The number of carbonyl (C=O) groups is 3. The molecule has 0 aliphatic heterocycles. The maximum absolute atomic E-state index is 13.2. The number of carbonyl (C=O) groups excluding carboxylic acids is 3. The molecule has 0 unspecified atom stereocenters. The van der Waals surface area contributed by atoms with Crippen LogP contribution in [0.2, 0.25) is 0 Å². The number of amides is 1. The third-order valence-corrected chi connectivity index (χ3v) is 4.52. The van der Waals surface area contributed by atoms with E-state index in [2.05, 4.69) is 0 Å². The first-order valence-electron chi connectivity index (χ1n) is 8.89. The van der Waals surface area contributed by atoms with Crippen LogP contribution in [-0.2, 0) is 4.74 Å². The van der Waals surface area contributed by atoms with Crippen LogP contribution in [0, 0.1) is 0 Å². The second-order valence-electron chi connectivity index (χ2n) is 7.38. The van der Waals surface area contributed by atoms with E-state index < -0.39 is 23.3 Å². The highest BCUT2D eigenvalue weighted by atomic mass is 35.5. The van der Waals surface area contributed by atoms with Gasteiger partial charge in [0.2, 0.25) is 11.6 Å². The van der Waals surface area contributed by atoms with Gasteiger partial charge in [0.1, 0.15) is 22.1 Å². The SMILES string of the molecule is COc1ccc(N(C(=O)OC(C)(C)C)C2=C(Cl)C(=O)c3ccccc3C2=O)cc1. The van der Waals surface area contributed by atoms with Crippen molar-refractivity contribution in [2.75, 3.05) is 12.0 Å². The van der Waals surface area contributed by atoms with Crippen LogP contribution >= 0.6 is 11.6 Å². The second kappa shape index (κ2) is 7.72. The number of fused-ring (bicyclic) bond motifs is 1. The third kappa shape index (κ3) is 4.03. The molecule has 0 atom stereocenters. The molecule has 0 heterocycles. The number of methoxy groups -OCH3 is 1. The molecule has 1 aliphatic carbocycles. The predicted octanol–water partition coefficient (Wildman–Crippen LogP) is 4.97. The number of hydrogen-bond donors (Lipinski definition) is 0. The average molecular weight is 414 g/mol. The molecule has 2 aromatic rings. The van der Waals surface area contributed by atoms with Gasteiger partial charge in [0.05, 0.1) is 12.8 Å². The molecule has 2 aromatic carbocycles. The summed E-state index contributed by atoms with van der Waals surface area (Å²) in [5.41, 5.74) is -0.373. The van der Waals surface area contributed by atoms with E-state index >= 15 is 0 Å². The molecule has 6 nitrogen and oxygen atoms in total. The Hall–Kier alpha value is -3.12. The number of rotatable bonds is 3. The number of anilines is 1. The molecule has 0 spiro atoms. The lowest BCUT2D eigenvalue weighted by atomic mass is 9.91. The van der Waals surface area contributed by atoms with Crippen LogP contribution in [0.1, 0.15) is 41.5 Å². The van der Waals surface area contributed by atoms with Gasteiger partial charge in [-0.3, -0.25) is 9.59 Å². The van der Waals surface area contributed by atoms with Crippen LogP contribution in [0.15, 0.2) is 59.3 Å². The van der Waals surface area contributed by atoms with Gasteiger partial charge in [0.25, 0.3) is 0 Å². The molecule has 0 radical (unpaired) electrons. The van der Waals surface area contributed by atoms with Crippen molar-refractivity contribution in [1.29, 1.82) is 0 Å². The Labute approximate surface area is 173 Å². The molecule has 0 saturated heterocycles. The van der Waals surface area contributed by atoms with Gasteiger partial charge in [-0.05, 0) is 45.0 Å². The fourth-order valence-corrected chi connectivity index (χ4v) is 3.17. The van der Waals surface area contributed by atoms with Crippen molar-refractivity contribution >= 4 is 34.9 Å². The zero-order chi connectivity index (χ0) is 21.3. The molecule has 0 bridgehead atoms. The maximum Gasteiger partial charge on any atom is 0.419 e. The average Bonchev–Trinajstić information content (AvgIpc) is 2.68. The zero-order valence-electron chi connectivity index (χ0n) is 16.5. The van der Waals surface area contributed by atoms with E-state index in [1.54, 1.807) is 57.2 Å². The summed E-state index contributed by atoms with van der Waals surface area (Å²) in [6.45, 7) is 5.11. The van der Waals surface area contributed by atoms with Gasteiger partial charge in [-0.25, -0.2) is 9.69 Å². The van der Waals surface area contributed by atoms with Gasteiger partial charge in [0, 0.05) is 11.1 Å². The quantitative estimate of drug-likeness (QED) is 0.710. The summed E-state index contributed by atoms with van der Waals surface area (Å²) < 4.78 is 10.6. The van der Waals surface area contributed by atoms with Gasteiger partial charge < -0.3 is 9.47 Å². The number of nitrogens with zero attached hydrogens (tertiary/aromatic N) is 1. The van der Waals surface area contributed by atoms with Crippen molar-refractivity contribution in [3.63, 3.8) is 0 Å². The molecular weight excluding hydrogens is 394 g/mol. The molecule has 0 fully saturated rings. The highest BCUT2D eigenvalue weighted by molar-refractivity contribution is 6.50. The van der Waals surface area contributed by atoms with E-state index in [1.165, 1.54) is 19.2 Å². The summed E-state index contributed by atoms with van der Waals surface area (Å²) in [7, 11) is 1.51. The lowest BCUT2D eigenvalue weighted by Crippen LogP contribution is -2.41. The van der Waals surface area contributed by atoms with E-state index in [0.29, 0.717) is 11.4 Å². The van der Waals surface area contributed by atoms with Crippen molar-refractivity contribution in [3.05, 3.63) is 70.4 Å². The second-order valence-corrected chi connectivity index (χ2v) is 7.76. The fraction of sp³-hybridized carbons (Fsp3) is 0.227. The van der Waals surface area contributed by atoms with Crippen LogP contribution < -0.4 is 9.64 Å². The first-order valence-corrected chi connectivity index (χ1v) is 9.27. The van der Waals surface area contributed by atoms with Crippen LogP contribution in [0.3, 0.4) is 0 Å². The van der Waals surface area contributed by atoms with Gasteiger partial charge in [-0.2, -0.15) is 0 Å². The molecule has 1 amide bonds. The first-order chi connectivity index (χ1) is 13.6. The van der Waals surface area contributed by atoms with Crippen LogP contribution in [0.5, 0.6) is 5.75 Å². The minimum absolute atomic E-state index is 0.180.